The maximum absolute atomic E-state index is 12.1. The van der Waals surface area contributed by atoms with Crippen molar-refractivity contribution in [2.45, 2.75) is 30.9 Å². The SMILES string of the molecule is CN(CCCBr)C(=O)C1(C)CCCS1. The lowest BCUT2D eigenvalue weighted by Crippen LogP contribution is -2.42. The van der Waals surface area contributed by atoms with Gasteiger partial charge < -0.3 is 4.90 Å². The predicted molar refractivity (Wildman–Crippen MR) is 66.1 cm³/mol. The zero-order valence-corrected chi connectivity index (χ0v) is 11.3. The van der Waals surface area contributed by atoms with E-state index in [1.165, 1.54) is 6.42 Å². The number of thioether (sulfide) groups is 1. The maximum Gasteiger partial charge on any atom is 0.238 e. The zero-order valence-electron chi connectivity index (χ0n) is 8.88. The third kappa shape index (κ3) is 2.89. The Bertz CT molecular complexity index is 204. The molecule has 0 saturated carbocycles. The average molecular weight is 280 g/mol. The fourth-order valence-corrected chi connectivity index (χ4v) is 3.31. The van der Waals surface area contributed by atoms with Crippen LogP contribution in [-0.4, -0.2) is 40.2 Å². The van der Waals surface area contributed by atoms with Gasteiger partial charge in [0.25, 0.3) is 0 Å². The molecule has 0 bridgehead atoms. The van der Waals surface area contributed by atoms with E-state index in [1.807, 2.05) is 23.7 Å². The lowest BCUT2D eigenvalue weighted by molar-refractivity contribution is -0.132. The Morgan fingerprint density at radius 2 is 2.36 bits per heavy atom. The van der Waals surface area contributed by atoms with Gasteiger partial charge in [0.2, 0.25) is 5.91 Å². The average Bonchev–Trinajstić information content (AvgIpc) is 2.61. The van der Waals surface area contributed by atoms with E-state index < -0.39 is 0 Å². The molecule has 1 rings (SSSR count). The van der Waals surface area contributed by atoms with Crippen molar-refractivity contribution in [3.63, 3.8) is 0 Å². The summed E-state index contributed by atoms with van der Waals surface area (Å²) in [4.78, 5) is 13.9. The first-order valence-corrected chi connectivity index (χ1v) is 7.16. The molecule has 2 nitrogen and oxygen atoms in total. The molecule has 0 N–H and O–H groups in total. The van der Waals surface area contributed by atoms with Gasteiger partial charge in [-0.1, -0.05) is 15.9 Å². The van der Waals surface area contributed by atoms with Gasteiger partial charge in [-0.15, -0.1) is 11.8 Å². The Morgan fingerprint density at radius 3 is 2.86 bits per heavy atom. The molecule has 4 heteroatoms. The highest BCUT2D eigenvalue weighted by Crippen LogP contribution is 2.38. The van der Waals surface area contributed by atoms with Crippen molar-refractivity contribution in [2.24, 2.45) is 0 Å². The number of nitrogens with zero attached hydrogens (tertiary/aromatic N) is 1. The molecule has 0 aliphatic carbocycles. The van der Waals surface area contributed by atoms with E-state index in [2.05, 4.69) is 22.9 Å². The molecule has 1 amide bonds. The van der Waals surface area contributed by atoms with Crippen LogP contribution in [0.25, 0.3) is 0 Å². The largest absolute Gasteiger partial charge is 0.345 e. The summed E-state index contributed by atoms with van der Waals surface area (Å²) in [5.41, 5.74) is 0. The topological polar surface area (TPSA) is 20.3 Å². The fourth-order valence-electron chi connectivity index (χ4n) is 1.75. The summed E-state index contributed by atoms with van der Waals surface area (Å²) in [5, 5.41) is 0.967. The third-order valence-corrected chi connectivity index (χ3v) is 4.71. The van der Waals surface area contributed by atoms with Crippen LogP contribution < -0.4 is 0 Å². The summed E-state index contributed by atoms with van der Waals surface area (Å²) in [6, 6.07) is 0. The minimum atomic E-state index is -0.138. The van der Waals surface area contributed by atoms with Crippen LogP contribution >= 0.6 is 27.7 Å². The Labute approximate surface area is 98.9 Å². The Hall–Kier alpha value is 0.300. The number of amides is 1. The van der Waals surface area contributed by atoms with Gasteiger partial charge >= 0.3 is 0 Å². The van der Waals surface area contributed by atoms with Crippen LogP contribution in [0.2, 0.25) is 0 Å². The second-order valence-corrected chi connectivity index (χ2v) is 6.34. The third-order valence-electron chi connectivity index (χ3n) is 2.65. The van der Waals surface area contributed by atoms with Gasteiger partial charge in [0.1, 0.15) is 0 Å². The summed E-state index contributed by atoms with van der Waals surface area (Å²) in [7, 11) is 1.91. The van der Waals surface area contributed by atoms with Gasteiger partial charge in [0.15, 0.2) is 0 Å². The fraction of sp³-hybridized carbons (Fsp3) is 0.900. The number of alkyl halides is 1. The van der Waals surface area contributed by atoms with Gasteiger partial charge in [0.05, 0.1) is 4.75 Å². The van der Waals surface area contributed by atoms with Crippen molar-refractivity contribution >= 4 is 33.6 Å². The molecule has 0 radical (unpaired) electrons. The van der Waals surface area contributed by atoms with Crippen molar-refractivity contribution in [2.75, 3.05) is 24.7 Å². The number of hydrogen-bond acceptors (Lipinski definition) is 2. The van der Waals surface area contributed by atoms with E-state index in [0.29, 0.717) is 5.91 Å². The van der Waals surface area contributed by atoms with E-state index in [9.17, 15) is 4.79 Å². The molecule has 0 spiro atoms. The number of halogens is 1. The molecular weight excluding hydrogens is 262 g/mol. The minimum absolute atomic E-state index is 0.138. The smallest absolute Gasteiger partial charge is 0.238 e. The summed E-state index contributed by atoms with van der Waals surface area (Å²) < 4.78 is -0.138. The van der Waals surface area contributed by atoms with Crippen LogP contribution in [0.3, 0.4) is 0 Å². The van der Waals surface area contributed by atoms with E-state index in [-0.39, 0.29) is 4.75 Å². The molecule has 1 aliphatic heterocycles. The van der Waals surface area contributed by atoms with Crippen molar-refractivity contribution in [3.8, 4) is 0 Å². The first-order chi connectivity index (χ1) is 6.60. The van der Waals surface area contributed by atoms with Crippen molar-refractivity contribution in [1.29, 1.82) is 0 Å². The molecular formula is C10H18BrNOS. The van der Waals surface area contributed by atoms with Crippen molar-refractivity contribution < 1.29 is 4.79 Å². The molecule has 1 fully saturated rings. The van der Waals surface area contributed by atoms with E-state index >= 15 is 0 Å². The second kappa shape index (κ2) is 5.40. The van der Waals surface area contributed by atoms with Gasteiger partial charge in [-0.2, -0.15) is 0 Å². The van der Waals surface area contributed by atoms with Crippen LogP contribution in [0.15, 0.2) is 0 Å². The van der Waals surface area contributed by atoms with Crippen LogP contribution in [0.5, 0.6) is 0 Å². The highest BCUT2D eigenvalue weighted by atomic mass is 79.9. The van der Waals surface area contributed by atoms with Gasteiger partial charge in [-0.3, -0.25) is 4.79 Å². The zero-order chi connectivity index (χ0) is 10.6. The van der Waals surface area contributed by atoms with Gasteiger partial charge in [0, 0.05) is 18.9 Å². The molecule has 0 aromatic carbocycles. The Balaban J connectivity index is 2.46. The highest BCUT2D eigenvalue weighted by molar-refractivity contribution is 9.09. The van der Waals surface area contributed by atoms with Gasteiger partial charge in [-0.05, 0) is 31.9 Å². The number of hydrogen-bond donors (Lipinski definition) is 0. The van der Waals surface area contributed by atoms with Crippen LogP contribution in [0.1, 0.15) is 26.2 Å². The predicted octanol–water partition coefficient (Wildman–Crippen LogP) is 2.52. The minimum Gasteiger partial charge on any atom is -0.345 e. The molecule has 82 valence electrons. The highest BCUT2D eigenvalue weighted by Gasteiger charge is 2.38. The Morgan fingerprint density at radius 1 is 1.64 bits per heavy atom. The molecule has 14 heavy (non-hydrogen) atoms. The number of rotatable bonds is 4. The van der Waals surface area contributed by atoms with Crippen molar-refractivity contribution in [3.05, 3.63) is 0 Å². The molecule has 1 saturated heterocycles. The molecule has 1 unspecified atom stereocenters. The normalized spacial score (nSPS) is 26.5. The van der Waals surface area contributed by atoms with Crippen LogP contribution in [0, 0.1) is 0 Å². The van der Waals surface area contributed by atoms with Crippen LogP contribution in [0.4, 0.5) is 0 Å². The standard InChI is InChI=1S/C10H18BrNOS/c1-10(5-3-8-14-10)9(13)12(2)7-4-6-11/h3-8H2,1-2H3. The van der Waals surface area contributed by atoms with Crippen molar-refractivity contribution in [1.82, 2.24) is 4.90 Å². The summed E-state index contributed by atoms with van der Waals surface area (Å²) in [5.74, 6) is 1.44. The Kier molecular flexibility index (Phi) is 4.77. The van der Waals surface area contributed by atoms with E-state index in [0.717, 1.165) is 30.5 Å². The first-order valence-electron chi connectivity index (χ1n) is 5.05. The van der Waals surface area contributed by atoms with E-state index in [4.69, 9.17) is 0 Å². The lowest BCUT2D eigenvalue weighted by atomic mass is 10.0. The molecule has 1 atom stereocenters. The first kappa shape index (κ1) is 12.4. The number of carbonyl (C=O) groups excluding carboxylic acids is 1. The molecule has 0 aromatic heterocycles. The molecule has 1 heterocycles. The quantitative estimate of drug-likeness (QED) is 0.737. The molecule has 1 aliphatic rings. The maximum atomic E-state index is 12.1. The van der Waals surface area contributed by atoms with Gasteiger partial charge in [-0.25, -0.2) is 0 Å². The monoisotopic (exact) mass is 279 g/mol. The summed E-state index contributed by atoms with van der Waals surface area (Å²) in [6.07, 6.45) is 3.25. The van der Waals surface area contributed by atoms with E-state index in [1.54, 1.807) is 0 Å². The summed E-state index contributed by atoms with van der Waals surface area (Å²) in [6.45, 7) is 2.94. The second-order valence-electron chi connectivity index (χ2n) is 3.95. The van der Waals surface area contributed by atoms with Crippen LogP contribution in [-0.2, 0) is 4.79 Å². The summed E-state index contributed by atoms with van der Waals surface area (Å²) >= 11 is 5.19. The number of carbonyl (C=O) groups is 1. The lowest BCUT2D eigenvalue weighted by Gasteiger charge is -2.28. The molecule has 0 aromatic rings.